The molecule has 3 rings (SSSR count). The number of carbonyl (C=O) groups excluding carboxylic acids is 1. The summed E-state index contributed by atoms with van der Waals surface area (Å²) in [5, 5.41) is 39.0. The fraction of sp³-hybridized carbons (Fsp3) is 0.238. The molecule has 1 amide bonds. The fourth-order valence-corrected chi connectivity index (χ4v) is 3.10. The van der Waals surface area contributed by atoms with Gasteiger partial charge >= 0.3 is 12.1 Å². The highest BCUT2D eigenvalue weighted by molar-refractivity contribution is 5.92. The van der Waals surface area contributed by atoms with Gasteiger partial charge in [-0.1, -0.05) is 13.8 Å². The van der Waals surface area contributed by atoms with E-state index in [1.54, 1.807) is 19.2 Å². The average Bonchev–Trinajstić information content (AvgIpc) is 3.16. The van der Waals surface area contributed by atoms with Crippen LogP contribution in [0.4, 0.5) is 13.2 Å². The Hall–Kier alpha value is -4.09. The average molecular weight is 464 g/mol. The first-order valence-electron chi connectivity index (χ1n) is 9.59. The Morgan fingerprint density at radius 1 is 1.06 bits per heavy atom. The Morgan fingerprint density at radius 3 is 2.24 bits per heavy atom. The Bertz CT molecular complexity index is 1200. The molecular formula is C21H19F3N4O5. The van der Waals surface area contributed by atoms with Crippen LogP contribution in [0.25, 0.3) is 17.1 Å². The third-order valence-corrected chi connectivity index (χ3v) is 4.70. The van der Waals surface area contributed by atoms with Gasteiger partial charge in [0.1, 0.15) is 18.0 Å². The number of benzene rings is 2. The van der Waals surface area contributed by atoms with E-state index in [1.165, 1.54) is 30.3 Å². The Balaban J connectivity index is 2.19. The molecule has 0 unspecified atom stereocenters. The normalized spacial score (nSPS) is 11.6. The fourth-order valence-electron chi connectivity index (χ4n) is 3.10. The molecule has 0 saturated carbocycles. The summed E-state index contributed by atoms with van der Waals surface area (Å²) in [5.74, 6) is -3.75. The summed E-state index contributed by atoms with van der Waals surface area (Å²) >= 11 is 0. The first kappa shape index (κ1) is 23.6. The van der Waals surface area contributed by atoms with Gasteiger partial charge in [-0.05, 0) is 41.8 Å². The minimum atomic E-state index is -4.66. The second-order valence-corrected chi connectivity index (χ2v) is 7.42. The van der Waals surface area contributed by atoms with Gasteiger partial charge < -0.3 is 20.6 Å². The maximum atomic E-state index is 12.6. The van der Waals surface area contributed by atoms with Crippen molar-refractivity contribution in [1.82, 2.24) is 20.1 Å². The van der Waals surface area contributed by atoms with Crippen molar-refractivity contribution >= 4 is 11.9 Å². The molecule has 0 aliphatic rings. The maximum absolute atomic E-state index is 12.6. The molecule has 2 aromatic carbocycles. The van der Waals surface area contributed by atoms with Crippen molar-refractivity contribution in [2.75, 3.05) is 6.54 Å². The van der Waals surface area contributed by atoms with Crippen molar-refractivity contribution in [2.45, 2.75) is 25.9 Å². The zero-order valence-corrected chi connectivity index (χ0v) is 17.4. The van der Waals surface area contributed by atoms with E-state index in [-0.39, 0.29) is 34.3 Å². The number of amides is 1. The Morgan fingerprint density at radius 2 is 1.70 bits per heavy atom. The number of carboxylic acid groups (broad SMARTS) is 1. The maximum Gasteiger partial charge on any atom is 0.405 e. The summed E-state index contributed by atoms with van der Waals surface area (Å²) in [5.41, 5.74) is 0.601. The highest BCUT2D eigenvalue weighted by Gasteiger charge is 2.30. The Kier molecular flexibility index (Phi) is 6.29. The van der Waals surface area contributed by atoms with Crippen molar-refractivity contribution in [3.05, 3.63) is 53.3 Å². The first-order chi connectivity index (χ1) is 15.4. The molecule has 0 aliphatic carbocycles. The van der Waals surface area contributed by atoms with Crippen molar-refractivity contribution in [3.8, 4) is 28.6 Å². The lowest BCUT2D eigenvalue weighted by atomic mass is 9.98. The van der Waals surface area contributed by atoms with Gasteiger partial charge in [0.25, 0.3) is 5.91 Å². The van der Waals surface area contributed by atoms with Crippen LogP contribution in [0.2, 0.25) is 0 Å². The van der Waals surface area contributed by atoms with Gasteiger partial charge in [-0.2, -0.15) is 13.2 Å². The molecule has 1 heterocycles. The van der Waals surface area contributed by atoms with Crippen molar-refractivity contribution in [3.63, 3.8) is 0 Å². The van der Waals surface area contributed by atoms with Gasteiger partial charge in [-0.15, -0.1) is 10.2 Å². The van der Waals surface area contributed by atoms with Gasteiger partial charge in [0, 0.05) is 11.8 Å². The summed E-state index contributed by atoms with van der Waals surface area (Å²) in [6, 6.07) is 7.61. The van der Waals surface area contributed by atoms with Crippen LogP contribution in [0.15, 0.2) is 36.4 Å². The van der Waals surface area contributed by atoms with E-state index in [4.69, 9.17) is 5.11 Å². The number of hydrogen-bond acceptors (Lipinski definition) is 6. The number of halogens is 3. The molecule has 1 aromatic heterocycles. The number of nitrogens with one attached hydrogen (secondary N) is 1. The number of phenols is 2. The minimum absolute atomic E-state index is 0.0567. The first-order valence-corrected chi connectivity index (χ1v) is 9.59. The van der Waals surface area contributed by atoms with E-state index in [0.717, 1.165) is 10.6 Å². The topological polar surface area (TPSA) is 138 Å². The molecule has 174 valence electrons. The van der Waals surface area contributed by atoms with E-state index in [1.807, 2.05) is 0 Å². The summed E-state index contributed by atoms with van der Waals surface area (Å²) in [6.07, 6.45) is -4.66. The standard InChI is InChI=1S/C21H19F3N4O5/c1-10(2)13-7-14(16(30)8-15(13)29)17-26-27-18(19(31)25-9-21(22,23)24)28(17)12-5-3-11(4-6-12)20(32)33/h3-8,10,29-30H,9H2,1-2H3,(H,25,31)(H,32,33). The SMILES string of the molecule is CC(C)c1cc(-c2nnc(C(=O)NCC(F)(F)F)n2-c2ccc(C(=O)O)cc2)c(O)cc1O. The third-order valence-electron chi connectivity index (χ3n) is 4.70. The summed E-state index contributed by atoms with van der Waals surface area (Å²) in [7, 11) is 0. The van der Waals surface area contributed by atoms with Gasteiger partial charge in [-0.3, -0.25) is 9.36 Å². The number of aromatic hydroxyl groups is 2. The van der Waals surface area contributed by atoms with Crippen LogP contribution in [0.1, 0.15) is 46.3 Å². The predicted molar refractivity (Wildman–Crippen MR) is 110 cm³/mol. The van der Waals surface area contributed by atoms with Gasteiger partial charge in [0.05, 0.1) is 11.1 Å². The molecule has 4 N–H and O–H groups in total. The third kappa shape index (κ3) is 5.05. The van der Waals surface area contributed by atoms with Gasteiger partial charge in [-0.25, -0.2) is 4.79 Å². The lowest BCUT2D eigenvalue weighted by Gasteiger charge is -2.15. The summed E-state index contributed by atoms with van der Waals surface area (Å²) in [6.45, 7) is 1.98. The minimum Gasteiger partial charge on any atom is -0.508 e. The molecule has 3 aromatic rings. The smallest absolute Gasteiger partial charge is 0.405 e. The number of aromatic nitrogens is 3. The van der Waals surface area contributed by atoms with E-state index >= 15 is 0 Å². The lowest BCUT2D eigenvalue weighted by molar-refractivity contribution is -0.123. The van der Waals surface area contributed by atoms with Crippen LogP contribution < -0.4 is 5.32 Å². The quantitative estimate of drug-likeness (QED) is 0.438. The summed E-state index contributed by atoms with van der Waals surface area (Å²) < 4.78 is 38.8. The number of carboxylic acids is 1. The number of carbonyl (C=O) groups is 2. The van der Waals surface area contributed by atoms with Crippen molar-refractivity contribution < 1.29 is 38.1 Å². The van der Waals surface area contributed by atoms with Crippen LogP contribution in [-0.4, -0.2) is 54.7 Å². The monoisotopic (exact) mass is 464 g/mol. The van der Waals surface area contributed by atoms with Crippen LogP contribution in [0, 0.1) is 0 Å². The van der Waals surface area contributed by atoms with Gasteiger partial charge in [0.15, 0.2) is 5.82 Å². The number of rotatable bonds is 6. The highest BCUT2D eigenvalue weighted by atomic mass is 19.4. The molecule has 9 nitrogen and oxygen atoms in total. The molecule has 0 fully saturated rings. The molecule has 12 heteroatoms. The van der Waals surface area contributed by atoms with E-state index in [9.17, 15) is 33.0 Å². The van der Waals surface area contributed by atoms with E-state index in [0.29, 0.717) is 5.56 Å². The molecular weight excluding hydrogens is 445 g/mol. The molecule has 0 atom stereocenters. The van der Waals surface area contributed by atoms with E-state index < -0.39 is 36.2 Å². The number of phenolic OH excluding ortho intramolecular Hbond substituents is 2. The zero-order valence-electron chi connectivity index (χ0n) is 17.4. The summed E-state index contributed by atoms with van der Waals surface area (Å²) in [4.78, 5) is 23.6. The molecule has 0 saturated heterocycles. The highest BCUT2D eigenvalue weighted by Crippen LogP contribution is 2.38. The molecule has 0 radical (unpaired) electrons. The van der Waals surface area contributed by atoms with E-state index in [2.05, 4.69) is 10.2 Å². The van der Waals surface area contributed by atoms with Gasteiger partial charge in [0.2, 0.25) is 5.82 Å². The number of hydrogen-bond donors (Lipinski definition) is 4. The number of aromatic carboxylic acids is 1. The van der Waals surface area contributed by atoms with Crippen LogP contribution in [0.3, 0.4) is 0 Å². The number of nitrogens with zero attached hydrogens (tertiary/aromatic N) is 3. The van der Waals surface area contributed by atoms with Crippen LogP contribution in [0.5, 0.6) is 11.5 Å². The second kappa shape index (κ2) is 8.81. The lowest BCUT2D eigenvalue weighted by Crippen LogP contribution is -2.35. The molecule has 33 heavy (non-hydrogen) atoms. The molecule has 0 aliphatic heterocycles. The van der Waals surface area contributed by atoms with Crippen LogP contribution in [-0.2, 0) is 0 Å². The second-order valence-electron chi connectivity index (χ2n) is 7.42. The van der Waals surface area contributed by atoms with Crippen molar-refractivity contribution in [2.24, 2.45) is 0 Å². The largest absolute Gasteiger partial charge is 0.508 e. The molecule has 0 spiro atoms. The predicted octanol–water partition coefficient (Wildman–Crippen LogP) is 3.46. The zero-order chi connectivity index (χ0) is 24.5. The van der Waals surface area contributed by atoms with Crippen LogP contribution >= 0.6 is 0 Å². The molecule has 0 bridgehead atoms. The number of alkyl halides is 3. The van der Waals surface area contributed by atoms with Crippen molar-refractivity contribution in [1.29, 1.82) is 0 Å². The Labute approximate surface area is 185 Å².